The third-order valence-electron chi connectivity index (χ3n) is 2.11. The molecular weight excluding hydrogens is 260 g/mol. The molecule has 5 nitrogen and oxygen atoms in total. The normalized spacial score (nSPS) is 9.47. The van der Waals surface area contributed by atoms with Crippen molar-refractivity contribution in [2.75, 3.05) is 19.5 Å². The Labute approximate surface area is 107 Å². The first kappa shape index (κ1) is 14.6. The van der Waals surface area contributed by atoms with Crippen LogP contribution in [0.2, 0.25) is 0 Å². The maximum absolute atomic E-state index is 13.3. The maximum atomic E-state index is 13.3. The largest absolute Gasteiger partial charge is 0.465 e. The van der Waals surface area contributed by atoms with Gasteiger partial charge in [0.2, 0.25) is 0 Å². The molecule has 0 aromatic heterocycles. The fraction of sp³-hybridized carbons (Fsp3) is 0.167. The summed E-state index contributed by atoms with van der Waals surface area (Å²) in [7, 11) is 2.16. The Balaban J connectivity index is 2.98. The van der Waals surface area contributed by atoms with E-state index in [1.54, 1.807) is 0 Å². The van der Waals surface area contributed by atoms with Crippen molar-refractivity contribution in [1.82, 2.24) is 0 Å². The summed E-state index contributed by atoms with van der Waals surface area (Å²) < 4.78 is 34.7. The van der Waals surface area contributed by atoms with Crippen molar-refractivity contribution in [3.05, 3.63) is 41.6 Å². The van der Waals surface area contributed by atoms with Crippen LogP contribution >= 0.6 is 0 Å². The van der Waals surface area contributed by atoms with E-state index in [1.807, 2.05) is 0 Å². The monoisotopic (exact) mass is 271 g/mol. The van der Waals surface area contributed by atoms with Gasteiger partial charge in [-0.3, -0.25) is 0 Å². The molecular formula is C12H11F2NO4. The van der Waals surface area contributed by atoms with Crippen LogP contribution in [0.4, 0.5) is 14.5 Å². The number of hydrogen-bond donors (Lipinski definition) is 1. The van der Waals surface area contributed by atoms with E-state index in [4.69, 9.17) is 0 Å². The first-order valence-corrected chi connectivity index (χ1v) is 5.08. The van der Waals surface area contributed by atoms with Crippen LogP contribution in [0.15, 0.2) is 30.0 Å². The van der Waals surface area contributed by atoms with Gasteiger partial charge in [-0.15, -0.1) is 0 Å². The zero-order chi connectivity index (χ0) is 14.4. The lowest BCUT2D eigenvalue weighted by molar-refractivity contribution is -0.144. The van der Waals surface area contributed by atoms with Gasteiger partial charge in [0.25, 0.3) is 0 Å². The van der Waals surface area contributed by atoms with E-state index in [0.29, 0.717) is 6.07 Å². The molecule has 0 aliphatic rings. The average Bonchev–Trinajstić information content (AvgIpc) is 2.40. The summed E-state index contributed by atoms with van der Waals surface area (Å²) in [6.45, 7) is 0. The second-order valence-electron chi connectivity index (χ2n) is 3.31. The van der Waals surface area contributed by atoms with Gasteiger partial charge in [0.05, 0.1) is 19.9 Å². The molecule has 0 amide bonds. The van der Waals surface area contributed by atoms with Crippen LogP contribution < -0.4 is 5.32 Å². The molecule has 0 radical (unpaired) electrons. The summed E-state index contributed by atoms with van der Waals surface area (Å²) >= 11 is 0. The van der Waals surface area contributed by atoms with Crippen LogP contribution in [0.5, 0.6) is 0 Å². The van der Waals surface area contributed by atoms with Crippen molar-refractivity contribution in [2.45, 2.75) is 0 Å². The van der Waals surface area contributed by atoms with Gasteiger partial charge in [0, 0.05) is 12.3 Å². The van der Waals surface area contributed by atoms with Crippen LogP contribution in [0.1, 0.15) is 0 Å². The van der Waals surface area contributed by atoms with Crippen LogP contribution in [-0.4, -0.2) is 26.2 Å². The molecule has 19 heavy (non-hydrogen) atoms. The lowest BCUT2D eigenvalue weighted by Gasteiger charge is -2.06. The zero-order valence-electron chi connectivity index (χ0n) is 10.2. The number of benzene rings is 1. The third kappa shape index (κ3) is 3.77. The van der Waals surface area contributed by atoms with Gasteiger partial charge in [-0.1, -0.05) is 0 Å². The highest BCUT2D eigenvalue weighted by molar-refractivity contribution is 6.14. The number of carbonyl (C=O) groups excluding carboxylic acids is 2. The predicted molar refractivity (Wildman–Crippen MR) is 62.1 cm³/mol. The molecule has 0 atom stereocenters. The van der Waals surface area contributed by atoms with Crippen molar-refractivity contribution in [1.29, 1.82) is 0 Å². The number of anilines is 1. The van der Waals surface area contributed by atoms with Gasteiger partial charge in [0.1, 0.15) is 11.6 Å². The summed E-state index contributed by atoms with van der Waals surface area (Å²) in [6.07, 6.45) is 0.925. The zero-order valence-corrected chi connectivity index (χ0v) is 10.2. The Morgan fingerprint density at radius 1 is 1.16 bits per heavy atom. The number of esters is 2. The lowest BCUT2D eigenvalue weighted by Crippen LogP contribution is -2.17. The Bertz CT molecular complexity index is 510. The SMILES string of the molecule is COC(=O)C(=CNc1ccc(F)cc1F)C(=O)OC. The van der Waals surface area contributed by atoms with E-state index in [-0.39, 0.29) is 5.69 Å². The van der Waals surface area contributed by atoms with Crippen LogP contribution in [0.3, 0.4) is 0 Å². The summed E-state index contributed by atoms with van der Waals surface area (Å²) in [4.78, 5) is 22.6. The number of rotatable bonds is 4. The maximum Gasteiger partial charge on any atom is 0.346 e. The molecule has 102 valence electrons. The van der Waals surface area contributed by atoms with Crippen LogP contribution in [-0.2, 0) is 19.1 Å². The van der Waals surface area contributed by atoms with Crippen molar-refractivity contribution in [2.24, 2.45) is 0 Å². The molecule has 0 aliphatic heterocycles. The molecule has 0 bridgehead atoms. The van der Waals surface area contributed by atoms with E-state index < -0.39 is 29.1 Å². The first-order chi connectivity index (χ1) is 8.99. The minimum atomic E-state index is -0.943. The fourth-order valence-electron chi connectivity index (χ4n) is 1.18. The third-order valence-corrected chi connectivity index (χ3v) is 2.11. The Kier molecular flexibility index (Phi) is 4.99. The van der Waals surface area contributed by atoms with Gasteiger partial charge in [-0.25, -0.2) is 18.4 Å². The van der Waals surface area contributed by atoms with Crippen LogP contribution in [0.25, 0.3) is 0 Å². The Morgan fingerprint density at radius 2 is 1.74 bits per heavy atom. The molecule has 7 heteroatoms. The van der Waals surface area contributed by atoms with Gasteiger partial charge in [0.15, 0.2) is 5.57 Å². The summed E-state index contributed by atoms with van der Waals surface area (Å²) in [5.41, 5.74) is -0.555. The van der Waals surface area contributed by atoms with Gasteiger partial charge in [-0.05, 0) is 12.1 Å². The first-order valence-electron chi connectivity index (χ1n) is 5.08. The number of halogens is 2. The highest BCUT2D eigenvalue weighted by Crippen LogP contribution is 2.15. The van der Waals surface area contributed by atoms with Crippen molar-refractivity contribution in [3.63, 3.8) is 0 Å². The number of methoxy groups -OCH3 is 2. The fourth-order valence-corrected chi connectivity index (χ4v) is 1.18. The Morgan fingerprint density at radius 3 is 2.21 bits per heavy atom. The predicted octanol–water partition coefficient (Wildman–Crippen LogP) is 1.61. The topological polar surface area (TPSA) is 64.6 Å². The molecule has 1 rings (SSSR count). The molecule has 0 saturated carbocycles. The molecule has 0 aliphatic carbocycles. The molecule has 0 unspecified atom stereocenters. The van der Waals surface area contributed by atoms with E-state index in [0.717, 1.165) is 32.6 Å². The lowest BCUT2D eigenvalue weighted by atomic mass is 10.2. The average molecular weight is 271 g/mol. The quantitative estimate of drug-likeness (QED) is 0.390. The number of hydrogen-bond acceptors (Lipinski definition) is 5. The second kappa shape index (κ2) is 6.48. The smallest absolute Gasteiger partial charge is 0.346 e. The minimum absolute atomic E-state index is 0.105. The number of ether oxygens (including phenoxy) is 2. The van der Waals surface area contributed by atoms with E-state index in [9.17, 15) is 18.4 Å². The van der Waals surface area contributed by atoms with E-state index in [2.05, 4.69) is 14.8 Å². The molecule has 0 heterocycles. The highest BCUT2D eigenvalue weighted by Gasteiger charge is 2.19. The highest BCUT2D eigenvalue weighted by atomic mass is 19.1. The molecule has 0 spiro atoms. The minimum Gasteiger partial charge on any atom is -0.465 e. The standard InChI is InChI=1S/C12H11F2NO4/c1-18-11(16)8(12(17)19-2)6-15-10-4-3-7(13)5-9(10)14/h3-6,15H,1-2H3. The van der Waals surface area contributed by atoms with Crippen molar-refractivity contribution < 1.29 is 27.8 Å². The van der Waals surface area contributed by atoms with Crippen molar-refractivity contribution >= 4 is 17.6 Å². The van der Waals surface area contributed by atoms with Crippen molar-refractivity contribution in [3.8, 4) is 0 Å². The number of carbonyl (C=O) groups is 2. The summed E-state index contributed by atoms with van der Waals surface area (Å²) in [6, 6.07) is 2.80. The molecule has 1 N–H and O–H groups in total. The van der Waals surface area contributed by atoms with Gasteiger partial charge < -0.3 is 14.8 Å². The second-order valence-corrected chi connectivity index (χ2v) is 3.31. The molecule has 1 aromatic rings. The van der Waals surface area contributed by atoms with E-state index in [1.165, 1.54) is 0 Å². The van der Waals surface area contributed by atoms with E-state index >= 15 is 0 Å². The summed E-state index contributed by atoms with van der Waals surface area (Å²) in [5.74, 6) is -3.50. The molecule has 1 aromatic carbocycles. The number of nitrogens with one attached hydrogen (secondary N) is 1. The Hall–Kier alpha value is -2.44. The molecule has 0 fully saturated rings. The molecule has 0 saturated heterocycles. The van der Waals surface area contributed by atoms with Gasteiger partial charge in [-0.2, -0.15) is 0 Å². The summed E-state index contributed by atoms with van der Waals surface area (Å²) in [5, 5.41) is 2.37. The van der Waals surface area contributed by atoms with Gasteiger partial charge >= 0.3 is 11.9 Å². The van der Waals surface area contributed by atoms with Crippen LogP contribution in [0, 0.1) is 11.6 Å².